The molecule has 3 aromatic rings. The number of carboxylic acid groups (broad SMARTS) is 1. The van der Waals surface area contributed by atoms with E-state index in [-0.39, 0.29) is 24.6 Å². The summed E-state index contributed by atoms with van der Waals surface area (Å²) in [5.41, 5.74) is 1.98. The summed E-state index contributed by atoms with van der Waals surface area (Å²) in [7, 11) is 1.46. The van der Waals surface area contributed by atoms with Gasteiger partial charge >= 0.3 is 5.97 Å². The smallest absolute Gasteiger partial charge is 0.303 e. The van der Waals surface area contributed by atoms with E-state index in [1.165, 1.54) is 17.9 Å². The highest BCUT2D eigenvalue weighted by Gasteiger charge is 2.33. The van der Waals surface area contributed by atoms with Crippen molar-refractivity contribution in [2.45, 2.75) is 31.8 Å². The summed E-state index contributed by atoms with van der Waals surface area (Å²) in [6.07, 6.45) is 6.64. The third kappa shape index (κ3) is 4.59. The van der Waals surface area contributed by atoms with E-state index in [0.717, 1.165) is 30.2 Å². The van der Waals surface area contributed by atoms with E-state index < -0.39 is 11.8 Å². The van der Waals surface area contributed by atoms with Crippen molar-refractivity contribution in [2.24, 2.45) is 5.92 Å². The molecule has 2 heterocycles. The molecule has 1 N–H and O–H groups in total. The van der Waals surface area contributed by atoms with Crippen molar-refractivity contribution in [2.75, 3.05) is 7.11 Å². The lowest BCUT2D eigenvalue weighted by molar-refractivity contribution is -0.137. The van der Waals surface area contributed by atoms with Crippen LogP contribution in [0.4, 0.5) is 4.39 Å². The van der Waals surface area contributed by atoms with E-state index in [1.807, 2.05) is 24.3 Å². The van der Waals surface area contributed by atoms with Crippen molar-refractivity contribution < 1.29 is 23.8 Å². The van der Waals surface area contributed by atoms with Crippen LogP contribution in [0.25, 0.3) is 5.69 Å². The van der Waals surface area contributed by atoms with Crippen LogP contribution in [0.1, 0.15) is 36.3 Å². The topological polar surface area (TPSA) is 86.5 Å². The van der Waals surface area contributed by atoms with Crippen molar-refractivity contribution >= 4 is 5.97 Å². The lowest BCUT2D eigenvalue weighted by atomic mass is 9.91. The minimum absolute atomic E-state index is 0.0124. The maximum atomic E-state index is 14.1. The van der Waals surface area contributed by atoms with Crippen molar-refractivity contribution in [3.05, 3.63) is 65.9 Å². The molecule has 0 bridgehead atoms. The van der Waals surface area contributed by atoms with Crippen LogP contribution in [0.5, 0.6) is 11.6 Å². The number of aromatic nitrogens is 3. The van der Waals surface area contributed by atoms with Gasteiger partial charge in [-0.05, 0) is 42.4 Å². The second-order valence-corrected chi connectivity index (χ2v) is 7.37. The molecule has 1 aromatic carbocycles. The lowest BCUT2D eigenvalue weighted by Gasteiger charge is -2.15. The van der Waals surface area contributed by atoms with Gasteiger partial charge in [-0.3, -0.25) is 4.79 Å². The lowest BCUT2D eigenvalue weighted by Crippen LogP contribution is -2.08. The Kier molecular flexibility index (Phi) is 5.65. The molecule has 156 valence electrons. The number of methoxy groups -OCH3 is 1. The van der Waals surface area contributed by atoms with Gasteiger partial charge in [0.2, 0.25) is 5.88 Å². The second kappa shape index (κ2) is 8.52. The average molecular weight is 411 g/mol. The Morgan fingerprint density at radius 3 is 2.90 bits per heavy atom. The van der Waals surface area contributed by atoms with Gasteiger partial charge < -0.3 is 14.6 Å². The summed E-state index contributed by atoms with van der Waals surface area (Å²) in [5, 5.41) is 13.4. The first-order chi connectivity index (χ1) is 14.5. The van der Waals surface area contributed by atoms with E-state index in [1.54, 1.807) is 12.4 Å². The summed E-state index contributed by atoms with van der Waals surface area (Å²) in [6, 6.07) is 9.05. The number of nitrogens with zero attached hydrogens (tertiary/aromatic N) is 3. The van der Waals surface area contributed by atoms with Crippen LogP contribution in [0.15, 0.2) is 48.9 Å². The molecule has 4 rings (SSSR count). The van der Waals surface area contributed by atoms with Crippen molar-refractivity contribution in [1.82, 2.24) is 14.8 Å². The van der Waals surface area contributed by atoms with Crippen LogP contribution in [0.3, 0.4) is 0 Å². The molecule has 8 heteroatoms. The van der Waals surface area contributed by atoms with Gasteiger partial charge in [0.05, 0.1) is 25.9 Å². The number of ether oxygens (including phenoxy) is 2. The quantitative estimate of drug-likeness (QED) is 0.574. The monoisotopic (exact) mass is 411 g/mol. The summed E-state index contributed by atoms with van der Waals surface area (Å²) in [6.45, 7) is 0.250. The number of pyridine rings is 1. The van der Waals surface area contributed by atoms with E-state index in [0.29, 0.717) is 17.5 Å². The van der Waals surface area contributed by atoms with Gasteiger partial charge in [0.25, 0.3) is 0 Å². The fraction of sp³-hybridized carbons (Fsp3) is 0.318. The second-order valence-electron chi connectivity index (χ2n) is 7.37. The Bertz CT molecular complexity index is 1050. The van der Waals surface area contributed by atoms with E-state index in [4.69, 9.17) is 9.47 Å². The number of carbonyl (C=O) groups is 1. The van der Waals surface area contributed by atoms with Gasteiger partial charge in [0.15, 0.2) is 5.82 Å². The van der Waals surface area contributed by atoms with E-state index in [9.17, 15) is 14.3 Å². The van der Waals surface area contributed by atoms with Gasteiger partial charge in [0, 0.05) is 17.8 Å². The summed E-state index contributed by atoms with van der Waals surface area (Å²) >= 11 is 0. The third-order valence-corrected chi connectivity index (χ3v) is 5.18. The van der Waals surface area contributed by atoms with Gasteiger partial charge in [-0.25, -0.2) is 14.1 Å². The molecule has 2 aromatic heterocycles. The molecule has 0 radical (unpaired) electrons. The fourth-order valence-corrected chi connectivity index (χ4v) is 3.51. The number of carboxylic acids is 1. The summed E-state index contributed by atoms with van der Waals surface area (Å²) < 4.78 is 26.4. The van der Waals surface area contributed by atoms with E-state index >= 15 is 0 Å². The maximum absolute atomic E-state index is 14.1. The predicted molar refractivity (Wildman–Crippen MR) is 106 cm³/mol. The number of benzene rings is 1. The third-order valence-electron chi connectivity index (χ3n) is 5.18. The molecule has 1 saturated carbocycles. The van der Waals surface area contributed by atoms with Crippen LogP contribution in [0.2, 0.25) is 0 Å². The van der Waals surface area contributed by atoms with Crippen LogP contribution in [0, 0.1) is 11.7 Å². The molecule has 1 fully saturated rings. The SMILES string of the molecule is COc1cc(-n2cc(COc3cccc([C@H](CC(=O)O)C4CC4)c3)cn2)c(F)cn1. The highest BCUT2D eigenvalue weighted by Crippen LogP contribution is 2.45. The molecular weight excluding hydrogens is 389 g/mol. The summed E-state index contributed by atoms with van der Waals surface area (Å²) in [5.74, 6) is 0.102. The molecule has 1 aliphatic carbocycles. The van der Waals surface area contributed by atoms with Crippen molar-refractivity contribution in [1.29, 1.82) is 0 Å². The minimum atomic E-state index is -0.786. The van der Waals surface area contributed by atoms with Crippen LogP contribution in [-0.2, 0) is 11.4 Å². The van der Waals surface area contributed by atoms with Crippen molar-refractivity contribution in [3.8, 4) is 17.3 Å². The number of hydrogen-bond donors (Lipinski definition) is 1. The molecule has 30 heavy (non-hydrogen) atoms. The molecule has 0 aliphatic heterocycles. The number of halogens is 1. The zero-order valence-corrected chi connectivity index (χ0v) is 16.5. The van der Waals surface area contributed by atoms with Gasteiger partial charge in [-0.1, -0.05) is 12.1 Å². The average Bonchev–Trinajstić information content (AvgIpc) is 3.48. The Hall–Kier alpha value is -3.42. The molecule has 0 spiro atoms. The number of aliphatic carboxylic acids is 1. The van der Waals surface area contributed by atoms with Crippen molar-refractivity contribution in [3.63, 3.8) is 0 Å². The van der Waals surface area contributed by atoms with Gasteiger partial charge in [0.1, 0.15) is 18.0 Å². The summed E-state index contributed by atoms with van der Waals surface area (Å²) in [4.78, 5) is 15.0. The zero-order valence-electron chi connectivity index (χ0n) is 16.5. The largest absolute Gasteiger partial charge is 0.489 e. The molecule has 0 saturated heterocycles. The first kappa shape index (κ1) is 19.9. The minimum Gasteiger partial charge on any atom is -0.489 e. The number of hydrogen-bond acceptors (Lipinski definition) is 5. The predicted octanol–water partition coefficient (Wildman–Crippen LogP) is 3.96. The van der Waals surface area contributed by atoms with Gasteiger partial charge in [-0.2, -0.15) is 5.10 Å². The van der Waals surface area contributed by atoms with Crippen LogP contribution in [-0.4, -0.2) is 33.0 Å². The van der Waals surface area contributed by atoms with E-state index in [2.05, 4.69) is 10.1 Å². The Balaban J connectivity index is 1.45. The molecule has 0 unspecified atom stereocenters. The molecule has 7 nitrogen and oxygen atoms in total. The zero-order chi connectivity index (χ0) is 21.1. The first-order valence-electron chi connectivity index (χ1n) is 9.71. The molecule has 0 amide bonds. The number of rotatable bonds is 9. The normalized spacial score (nSPS) is 14.3. The van der Waals surface area contributed by atoms with Crippen LogP contribution < -0.4 is 9.47 Å². The van der Waals surface area contributed by atoms with Gasteiger partial charge in [-0.15, -0.1) is 0 Å². The standard InChI is InChI=1S/C22H22FN3O4/c1-29-21-9-20(19(23)11-24-21)26-12-14(10-25-26)13-30-17-4-2-3-16(7-17)18(8-22(27)28)15-5-6-15/h2-4,7,9-12,15,18H,5-6,8,13H2,1H3,(H,27,28)/t18-/m1/s1. The Labute approximate surface area is 173 Å². The highest BCUT2D eigenvalue weighted by atomic mass is 19.1. The molecular formula is C22H22FN3O4. The molecule has 1 aliphatic rings. The first-order valence-corrected chi connectivity index (χ1v) is 9.71. The van der Waals surface area contributed by atoms with Crippen LogP contribution >= 0.6 is 0 Å². The maximum Gasteiger partial charge on any atom is 0.303 e. The Morgan fingerprint density at radius 1 is 1.33 bits per heavy atom. The fourth-order valence-electron chi connectivity index (χ4n) is 3.51. The Morgan fingerprint density at radius 2 is 2.17 bits per heavy atom. The highest BCUT2D eigenvalue weighted by molar-refractivity contribution is 5.68. The molecule has 1 atom stereocenters.